The Morgan fingerprint density at radius 1 is 0.939 bits per heavy atom. The molecule has 1 aromatic rings. The average molecular weight is 709 g/mol. The van der Waals surface area contributed by atoms with E-state index in [0.29, 0.717) is 19.3 Å². The van der Waals surface area contributed by atoms with Gasteiger partial charge in [0.25, 0.3) is 0 Å². The molecule has 0 saturated carbocycles. The van der Waals surface area contributed by atoms with Crippen LogP contribution in [0.4, 0.5) is 22.0 Å². The maximum atomic E-state index is 14.2. The topological polar surface area (TPSA) is 118 Å². The van der Waals surface area contributed by atoms with Crippen LogP contribution in [0.15, 0.2) is 0 Å². The van der Waals surface area contributed by atoms with E-state index in [0.717, 1.165) is 0 Å². The van der Waals surface area contributed by atoms with Crippen molar-refractivity contribution in [3.8, 4) is 5.75 Å². The summed E-state index contributed by atoms with van der Waals surface area (Å²) in [6.45, 7) is 8.58. The van der Waals surface area contributed by atoms with Gasteiger partial charge in [0.05, 0.1) is 48.7 Å². The maximum absolute atomic E-state index is 14.2. The number of likely N-dealkylation sites (N-methyl/N-ethyl adjacent to an activating group) is 2. The van der Waals surface area contributed by atoms with Gasteiger partial charge >= 0.3 is 5.97 Å². The van der Waals surface area contributed by atoms with Crippen molar-refractivity contribution in [1.29, 1.82) is 0 Å². The first-order valence-electron chi connectivity index (χ1n) is 16.1. The zero-order valence-electron chi connectivity index (χ0n) is 29.8. The lowest BCUT2D eigenvalue weighted by molar-refractivity contribution is -0.150. The van der Waals surface area contributed by atoms with Crippen molar-refractivity contribution >= 4 is 23.7 Å². The molecule has 1 fully saturated rings. The van der Waals surface area contributed by atoms with E-state index in [2.05, 4.69) is 10.1 Å². The number of halogens is 5. The Kier molecular flexibility index (Phi) is 14.9. The molecule has 1 aliphatic rings. The number of rotatable bonds is 16. The number of amides is 3. The molecule has 3 amide bonds. The van der Waals surface area contributed by atoms with Gasteiger partial charge in [0.15, 0.2) is 0 Å². The van der Waals surface area contributed by atoms with E-state index in [4.69, 9.17) is 9.47 Å². The summed E-state index contributed by atoms with van der Waals surface area (Å²) >= 11 is 0. The summed E-state index contributed by atoms with van der Waals surface area (Å²) in [7, 11) is 7.75. The highest BCUT2D eigenvalue weighted by Gasteiger charge is 2.43. The summed E-state index contributed by atoms with van der Waals surface area (Å²) < 4.78 is 85.2. The molecule has 0 aromatic heterocycles. The van der Waals surface area contributed by atoms with Gasteiger partial charge in [-0.3, -0.25) is 24.1 Å². The second-order valence-corrected chi connectivity index (χ2v) is 13.1. The molecule has 1 heterocycles. The number of likely N-dealkylation sites (tertiary alicyclic amines) is 1. The molecule has 2 rings (SSSR count). The summed E-state index contributed by atoms with van der Waals surface area (Å²) in [5.74, 6) is -17.1. The number of hydrogen-bond donors (Lipinski definition) is 1. The Bertz CT molecular complexity index is 1340. The van der Waals surface area contributed by atoms with Gasteiger partial charge in [0.2, 0.25) is 52.6 Å². The van der Waals surface area contributed by atoms with Gasteiger partial charge in [-0.15, -0.1) is 0 Å². The largest absolute Gasteiger partial charge is 0.420 e. The Labute approximate surface area is 284 Å². The van der Waals surface area contributed by atoms with Gasteiger partial charge in [0.1, 0.15) is 0 Å². The predicted molar refractivity (Wildman–Crippen MR) is 169 cm³/mol. The van der Waals surface area contributed by atoms with Crippen molar-refractivity contribution in [3.05, 3.63) is 29.1 Å². The third-order valence-corrected chi connectivity index (χ3v) is 9.71. The monoisotopic (exact) mass is 708 g/mol. The fourth-order valence-corrected chi connectivity index (χ4v) is 5.88. The molecule has 1 N–H and O–H groups in total. The molecule has 1 saturated heterocycles. The molecule has 0 spiro atoms. The Balaban J connectivity index is 2.24. The smallest absolute Gasteiger partial charge is 0.316 e. The minimum absolute atomic E-state index is 0.126. The van der Waals surface area contributed by atoms with Crippen LogP contribution < -0.4 is 10.1 Å². The zero-order chi connectivity index (χ0) is 37.5. The normalized spacial score (nSPS) is 18.1. The van der Waals surface area contributed by atoms with Crippen molar-refractivity contribution in [2.24, 2.45) is 11.8 Å². The van der Waals surface area contributed by atoms with E-state index >= 15 is 0 Å². The maximum Gasteiger partial charge on any atom is 0.316 e. The molecule has 49 heavy (non-hydrogen) atoms. The Morgan fingerprint density at radius 2 is 1.49 bits per heavy atom. The molecule has 278 valence electrons. The quantitative estimate of drug-likeness (QED) is 0.0910. The lowest BCUT2D eigenvalue weighted by Gasteiger charge is -2.39. The Hall–Kier alpha value is -3.37. The molecule has 16 heteroatoms. The van der Waals surface area contributed by atoms with Crippen molar-refractivity contribution in [2.45, 2.75) is 90.1 Å². The van der Waals surface area contributed by atoms with Crippen molar-refractivity contribution in [3.63, 3.8) is 0 Å². The SMILES string of the molecule is CCC(C)C(C(CC(=O)N1CCCC1C(OC)C(C)C(=O)Oc1c(F)c(F)c(F)c(F)c1F)OC)N(C)C(=O)CNC(=O)C(C)(C)N(C)C. The molecule has 11 nitrogen and oxygen atoms in total. The summed E-state index contributed by atoms with van der Waals surface area (Å²) in [5, 5.41) is 2.68. The van der Waals surface area contributed by atoms with E-state index < -0.39 is 76.6 Å². The van der Waals surface area contributed by atoms with Crippen molar-refractivity contribution in [2.75, 3.05) is 48.5 Å². The fourth-order valence-electron chi connectivity index (χ4n) is 5.88. The number of methoxy groups -OCH3 is 2. The summed E-state index contributed by atoms with van der Waals surface area (Å²) in [4.78, 5) is 57.4. The Morgan fingerprint density at radius 3 is 1.98 bits per heavy atom. The number of nitrogens with zero attached hydrogens (tertiary/aromatic N) is 3. The van der Waals surface area contributed by atoms with Crippen LogP contribution in [0.3, 0.4) is 0 Å². The average Bonchev–Trinajstić information content (AvgIpc) is 3.56. The van der Waals surface area contributed by atoms with Crippen LogP contribution in [0.2, 0.25) is 0 Å². The molecule has 1 aliphatic heterocycles. The summed E-state index contributed by atoms with van der Waals surface area (Å²) in [6.07, 6.45) is -0.492. The second-order valence-electron chi connectivity index (χ2n) is 13.1. The highest BCUT2D eigenvalue weighted by Crippen LogP contribution is 2.32. The van der Waals surface area contributed by atoms with Crippen LogP contribution >= 0.6 is 0 Å². The number of carbonyl (C=O) groups excluding carboxylic acids is 4. The summed E-state index contributed by atoms with van der Waals surface area (Å²) in [6, 6.07) is -1.29. The molecule has 0 bridgehead atoms. The first-order valence-corrected chi connectivity index (χ1v) is 16.1. The van der Waals surface area contributed by atoms with Gasteiger partial charge in [-0.25, -0.2) is 13.2 Å². The fraction of sp³-hybridized carbons (Fsp3) is 0.697. The minimum Gasteiger partial charge on any atom is -0.420 e. The van der Waals surface area contributed by atoms with Gasteiger partial charge in [-0.05, 0) is 53.6 Å². The van der Waals surface area contributed by atoms with E-state index in [9.17, 15) is 41.1 Å². The molecular formula is C33H49F5N4O7. The third-order valence-electron chi connectivity index (χ3n) is 9.71. The van der Waals surface area contributed by atoms with E-state index in [-0.39, 0.29) is 43.1 Å². The van der Waals surface area contributed by atoms with Crippen LogP contribution in [0.25, 0.3) is 0 Å². The van der Waals surface area contributed by atoms with Crippen LogP contribution in [0, 0.1) is 40.9 Å². The number of nitrogens with one attached hydrogen (secondary N) is 1. The highest BCUT2D eigenvalue weighted by molar-refractivity contribution is 5.89. The van der Waals surface area contributed by atoms with E-state index in [1.807, 2.05) is 13.8 Å². The molecule has 6 unspecified atom stereocenters. The molecule has 1 aromatic carbocycles. The standard InChI is InChI=1S/C33H49F5N4O7/c1-11-17(2)28(41(8)22(44)16-39-32(46)33(4,5)40(6)7)20(47-9)15-21(43)42-14-12-13-19(42)29(48-10)18(3)31(45)49-30-26(37)24(35)23(34)25(36)27(30)38/h17-20,28-29H,11-16H2,1-10H3,(H,39,46). The lowest BCUT2D eigenvalue weighted by atomic mass is 9.90. The zero-order valence-corrected chi connectivity index (χ0v) is 29.8. The number of esters is 1. The van der Waals surface area contributed by atoms with E-state index in [1.165, 1.54) is 30.9 Å². The van der Waals surface area contributed by atoms with Gasteiger partial charge < -0.3 is 29.3 Å². The second kappa shape index (κ2) is 17.5. The molecular weight excluding hydrogens is 659 g/mol. The third kappa shape index (κ3) is 9.25. The molecule has 0 radical (unpaired) electrons. The highest BCUT2D eigenvalue weighted by atomic mass is 19.2. The van der Waals surface area contributed by atoms with Crippen LogP contribution in [-0.4, -0.2) is 117 Å². The number of ether oxygens (including phenoxy) is 3. The van der Waals surface area contributed by atoms with Crippen LogP contribution in [0.5, 0.6) is 5.75 Å². The number of benzene rings is 1. The van der Waals surface area contributed by atoms with Crippen LogP contribution in [-0.2, 0) is 28.7 Å². The van der Waals surface area contributed by atoms with Crippen molar-refractivity contribution in [1.82, 2.24) is 20.0 Å². The number of carbonyl (C=O) groups is 4. The first-order chi connectivity index (χ1) is 22.8. The minimum atomic E-state index is -2.39. The van der Waals surface area contributed by atoms with Crippen molar-refractivity contribution < 1.29 is 55.3 Å². The van der Waals surface area contributed by atoms with Gasteiger partial charge in [0, 0.05) is 27.8 Å². The first kappa shape index (κ1) is 41.8. The summed E-state index contributed by atoms with van der Waals surface area (Å²) in [5.41, 5.74) is -0.861. The predicted octanol–water partition coefficient (Wildman–Crippen LogP) is 3.66. The van der Waals surface area contributed by atoms with E-state index in [1.54, 1.807) is 39.9 Å². The molecule has 6 atom stereocenters. The number of hydrogen-bond acceptors (Lipinski definition) is 8. The van der Waals surface area contributed by atoms with Gasteiger partial charge in [-0.2, -0.15) is 8.78 Å². The lowest BCUT2D eigenvalue weighted by Crippen LogP contribution is -2.56. The van der Waals surface area contributed by atoms with Crippen LogP contribution in [0.1, 0.15) is 60.3 Å². The molecule has 0 aliphatic carbocycles. The van der Waals surface area contributed by atoms with Gasteiger partial charge in [-0.1, -0.05) is 20.3 Å².